The molecule has 53 heavy (non-hydrogen) atoms. The number of benzene rings is 6. The highest BCUT2D eigenvalue weighted by molar-refractivity contribution is 5.29. The summed E-state index contributed by atoms with van der Waals surface area (Å²) in [6.07, 6.45) is -0.420. The molecule has 0 aromatic heterocycles. The molecule has 0 unspecified atom stereocenters. The Hall–Kier alpha value is -4.88. The summed E-state index contributed by atoms with van der Waals surface area (Å²) in [5, 5.41) is 0. The largest absolute Gasteiger partial charge is 0.374 e. The summed E-state index contributed by atoms with van der Waals surface area (Å²) in [5.41, 5.74) is 7.97. The second-order valence-corrected chi connectivity index (χ2v) is 13.6. The molecule has 7 rings (SSSR count). The van der Waals surface area contributed by atoms with Crippen molar-refractivity contribution in [2.45, 2.75) is 69.8 Å². The van der Waals surface area contributed by atoms with E-state index < -0.39 is 30.5 Å². The van der Waals surface area contributed by atoms with E-state index in [4.69, 9.17) is 23.7 Å². The summed E-state index contributed by atoms with van der Waals surface area (Å²) in [7, 11) is 0. The lowest BCUT2D eigenvalue weighted by Crippen LogP contribution is -2.58. The summed E-state index contributed by atoms with van der Waals surface area (Å²) in [6, 6.07) is 60.4. The molecule has 0 bridgehead atoms. The lowest BCUT2D eigenvalue weighted by molar-refractivity contribution is -0.275. The third-order valence-electron chi connectivity index (χ3n) is 9.71. The van der Waals surface area contributed by atoms with Crippen molar-refractivity contribution in [1.82, 2.24) is 0 Å². The number of rotatable bonds is 17. The predicted molar refractivity (Wildman–Crippen MR) is 209 cm³/mol. The van der Waals surface area contributed by atoms with Crippen molar-refractivity contribution in [2.75, 3.05) is 6.61 Å². The Morgan fingerprint density at radius 3 is 1.32 bits per heavy atom. The zero-order valence-corrected chi connectivity index (χ0v) is 30.1. The topological polar surface area (TPSA) is 46.2 Å². The van der Waals surface area contributed by atoms with Gasteiger partial charge >= 0.3 is 0 Å². The Morgan fingerprint density at radius 1 is 0.377 bits per heavy atom. The Labute approximate surface area is 314 Å². The molecule has 6 aromatic carbocycles. The van der Waals surface area contributed by atoms with Crippen LogP contribution in [0.3, 0.4) is 0 Å². The van der Waals surface area contributed by atoms with Gasteiger partial charge in [-0.25, -0.2) is 0 Å². The zero-order valence-electron chi connectivity index (χ0n) is 30.1. The highest BCUT2D eigenvalue weighted by atomic mass is 16.6. The summed E-state index contributed by atoms with van der Waals surface area (Å²) >= 11 is 0. The first kappa shape index (κ1) is 36.5. The maximum atomic E-state index is 7.16. The Bertz CT molecular complexity index is 1900. The van der Waals surface area contributed by atoms with Gasteiger partial charge in [0, 0.05) is 0 Å². The lowest BCUT2D eigenvalue weighted by atomic mass is 9.89. The highest BCUT2D eigenvalue weighted by Gasteiger charge is 2.49. The second kappa shape index (κ2) is 19.3. The van der Waals surface area contributed by atoms with Crippen molar-refractivity contribution < 1.29 is 23.7 Å². The molecule has 0 radical (unpaired) electrons. The zero-order chi connectivity index (χ0) is 35.9. The molecule has 5 heteroatoms. The summed E-state index contributed by atoms with van der Waals surface area (Å²) in [6.45, 7) is 2.01. The average Bonchev–Trinajstić information content (AvgIpc) is 3.23. The molecule has 1 heterocycles. The maximum Gasteiger partial charge on any atom is 0.117 e. The fourth-order valence-corrected chi connectivity index (χ4v) is 6.92. The molecule has 0 aliphatic carbocycles. The van der Waals surface area contributed by atoms with E-state index in [9.17, 15) is 0 Å². The van der Waals surface area contributed by atoms with Crippen LogP contribution in [-0.4, -0.2) is 31.0 Å². The minimum Gasteiger partial charge on any atom is -0.374 e. The Morgan fingerprint density at radius 2 is 0.792 bits per heavy atom. The molecule has 0 saturated carbocycles. The Balaban J connectivity index is 1.22. The van der Waals surface area contributed by atoms with E-state index in [-0.39, 0.29) is 0 Å². The van der Waals surface area contributed by atoms with E-state index in [2.05, 4.69) is 103 Å². The van der Waals surface area contributed by atoms with Crippen molar-refractivity contribution in [3.05, 3.63) is 215 Å². The fourth-order valence-electron chi connectivity index (χ4n) is 6.92. The summed E-state index contributed by atoms with van der Waals surface area (Å²) in [4.78, 5) is 0. The van der Waals surface area contributed by atoms with Crippen molar-refractivity contribution in [3.8, 4) is 0 Å². The van der Waals surface area contributed by atoms with Crippen molar-refractivity contribution in [1.29, 1.82) is 0 Å². The molecule has 5 atom stereocenters. The van der Waals surface area contributed by atoms with Gasteiger partial charge in [-0.15, -0.1) is 0 Å². The molecule has 0 spiro atoms. The highest BCUT2D eigenvalue weighted by Crippen LogP contribution is 2.39. The van der Waals surface area contributed by atoms with Gasteiger partial charge < -0.3 is 23.7 Å². The third kappa shape index (κ3) is 10.6. The lowest BCUT2D eigenvalue weighted by Gasteiger charge is -2.46. The first-order valence-electron chi connectivity index (χ1n) is 18.6. The van der Waals surface area contributed by atoms with E-state index in [1.807, 2.05) is 72.8 Å². The quantitative estimate of drug-likeness (QED) is 0.0946. The van der Waals surface area contributed by atoms with Gasteiger partial charge in [0.1, 0.15) is 30.5 Å². The Kier molecular flexibility index (Phi) is 13.3. The average molecular weight is 705 g/mol. The van der Waals surface area contributed by atoms with Crippen molar-refractivity contribution in [3.63, 3.8) is 0 Å². The van der Waals surface area contributed by atoms with E-state index >= 15 is 0 Å². The van der Waals surface area contributed by atoms with Crippen LogP contribution in [0.5, 0.6) is 0 Å². The third-order valence-corrected chi connectivity index (χ3v) is 9.71. The van der Waals surface area contributed by atoms with Gasteiger partial charge in [0.2, 0.25) is 0 Å². The molecule has 1 fully saturated rings. The normalized spacial score (nSPS) is 19.9. The molecule has 6 aromatic rings. The van der Waals surface area contributed by atoms with Gasteiger partial charge in [-0.1, -0.05) is 176 Å². The first-order valence-corrected chi connectivity index (χ1v) is 18.6. The maximum absolute atomic E-state index is 7.16. The summed E-state index contributed by atoms with van der Waals surface area (Å²) in [5.74, 6) is 0. The van der Waals surface area contributed by atoms with Crippen LogP contribution in [0.15, 0.2) is 176 Å². The SMILES string of the molecule is c1ccc(CCc2cccc([C@@H]3O[C@H](COCc4ccccc4)[C@@H](OCc4ccccc4)[C@H](OCc4ccccc4)[C@H]3OCc3ccccc3)c2)cc1. The molecule has 1 aliphatic heterocycles. The van der Waals surface area contributed by atoms with Gasteiger partial charge in [-0.3, -0.25) is 0 Å². The van der Waals surface area contributed by atoms with Gasteiger partial charge in [-0.2, -0.15) is 0 Å². The molecule has 0 amide bonds. The number of ether oxygens (including phenoxy) is 5. The van der Waals surface area contributed by atoms with Crippen LogP contribution >= 0.6 is 0 Å². The second-order valence-electron chi connectivity index (χ2n) is 13.6. The van der Waals surface area contributed by atoms with Crippen LogP contribution in [0, 0.1) is 0 Å². The molecule has 5 nitrogen and oxygen atoms in total. The van der Waals surface area contributed by atoms with Gasteiger partial charge in [0.15, 0.2) is 0 Å². The van der Waals surface area contributed by atoms with Gasteiger partial charge in [-0.05, 0) is 51.8 Å². The minimum atomic E-state index is -0.479. The smallest absolute Gasteiger partial charge is 0.117 e. The molecule has 1 saturated heterocycles. The summed E-state index contributed by atoms with van der Waals surface area (Å²) < 4.78 is 34.3. The van der Waals surface area contributed by atoms with Crippen molar-refractivity contribution in [2.24, 2.45) is 0 Å². The van der Waals surface area contributed by atoms with E-state index in [0.29, 0.717) is 33.0 Å². The minimum absolute atomic E-state index is 0.329. The van der Waals surface area contributed by atoms with E-state index in [1.165, 1.54) is 11.1 Å². The van der Waals surface area contributed by atoms with Crippen LogP contribution in [0.1, 0.15) is 45.0 Å². The standard InChI is InChI=1S/C48H48O5/c1-6-17-37(18-7-1)29-30-38-27-16-28-43(31-38)45-47(51-34-41-23-12-4-13-24-41)48(52-35-42-25-14-5-15-26-42)46(50-33-40-21-10-3-11-22-40)44(53-45)36-49-32-39-19-8-2-9-20-39/h1-28,31,44-48H,29-30,32-36H2/t44-,45+,46-,47+,48+/m1/s1. The fraction of sp³-hybridized carbons (Fsp3) is 0.250. The number of aryl methyl sites for hydroxylation is 2. The molecular formula is C48H48O5. The van der Waals surface area contributed by atoms with Crippen LogP contribution in [0.4, 0.5) is 0 Å². The van der Waals surface area contributed by atoms with Crippen LogP contribution in [0.25, 0.3) is 0 Å². The van der Waals surface area contributed by atoms with Crippen LogP contribution < -0.4 is 0 Å². The van der Waals surface area contributed by atoms with E-state index in [0.717, 1.165) is 40.7 Å². The number of hydrogen-bond acceptors (Lipinski definition) is 5. The predicted octanol–water partition coefficient (Wildman–Crippen LogP) is 9.88. The van der Waals surface area contributed by atoms with Gasteiger partial charge in [0.05, 0.1) is 33.0 Å². The van der Waals surface area contributed by atoms with Crippen molar-refractivity contribution >= 4 is 0 Å². The van der Waals surface area contributed by atoms with Crippen LogP contribution in [-0.2, 0) is 63.0 Å². The molecular weight excluding hydrogens is 657 g/mol. The van der Waals surface area contributed by atoms with Gasteiger partial charge in [0.25, 0.3) is 0 Å². The monoisotopic (exact) mass is 704 g/mol. The van der Waals surface area contributed by atoms with E-state index in [1.54, 1.807) is 0 Å². The van der Waals surface area contributed by atoms with Crippen LogP contribution in [0.2, 0.25) is 0 Å². The first-order chi connectivity index (χ1) is 26.3. The number of hydrogen-bond donors (Lipinski definition) is 0. The molecule has 1 aliphatic rings. The molecule has 270 valence electrons. The molecule has 0 N–H and O–H groups in total.